The molecule has 0 saturated carbocycles. The third kappa shape index (κ3) is 3.45. The van der Waals surface area contributed by atoms with Gasteiger partial charge in [0, 0.05) is 11.1 Å². The van der Waals surface area contributed by atoms with Crippen LogP contribution in [0.3, 0.4) is 0 Å². The third-order valence-corrected chi connectivity index (χ3v) is 5.64. The number of aromatic amines is 1. The quantitative estimate of drug-likeness (QED) is 0.445. The largest absolute Gasteiger partial charge is 0.271 e. The van der Waals surface area contributed by atoms with Crippen molar-refractivity contribution in [2.45, 2.75) is 18.4 Å². The second kappa shape index (κ2) is 7.48. The van der Waals surface area contributed by atoms with Crippen molar-refractivity contribution >= 4 is 34.8 Å². The van der Waals surface area contributed by atoms with E-state index in [1.54, 1.807) is 0 Å². The monoisotopic (exact) mass is 377 g/mol. The average molecular weight is 378 g/mol. The molecule has 0 fully saturated rings. The molecule has 4 rings (SSSR count). The molecule has 1 heterocycles. The van der Waals surface area contributed by atoms with E-state index in [0.717, 1.165) is 23.0 Å². The second-order valence-electron chi connectivity index (χ2n) is 6.26. The lowest BCUT2D eigenvalue weighted by molar-refractivity contribution is 0.955. The number of aromatic nitrogens is 3. The summed E-state index contributed by atoms with van der Waals surface area (Å²) in [5.74, 6) is 2.70. The lowest BCUT2D eigenvalue weighted by Crippen LogP contribution is -2.01. The molecule has 0 bridgehead atoms. The number of thioether (sulfide) groups is 1. The van der Waals surface area contributed by atoms with Crippen LogP contribution < -0.4 is 0 Å². The third-order valence-electron chi connectivity index (χ3n) is 4.37. The predicted octanol–water partition coefficient (Wildman–Crippen LogP) is 5.82. The lowest BCUT2D eigenvalue weighted by atomic mass is 10.1. The van der Waals surface area contributed by atoms with Crippen LogP contribution in [0.5, 0.6) is 0 Å². The number of nitrogens with one attached hydrogen (secondary N) is 1. The van der Waals surface area contributed by atoms with Crippen molar-refractivity contribution in [1.29, 1.82) is 0 Å². The van der Waals surface area contributed by atoms with Crippen molar-refractivity contribution in [3.05, 3.63) is 88.5 Å². The molecule has 0 unspecified atom stereocenters. The van der Waals surface area contributed by atoms with E-state index in [0.29, 0.717) is 4.77 Å². The molecule has 130 valence electrons. The molecule has 0 aliphatic rings. The summed E-state index contributed by atoms with van der Waals surface area (Å²) >= 11 is 7.35. The molecular weight excluding hydrogens is 358 g/mol. The fourth-order valence-electron chi connectivity index (χ4n) is 3.02. The minimum absolute atomic E-state index is 0.632. The first kappa shape index (κ1) is 17.1. The summed E-state index contributed by atoms with van der Waals surface area (Å²) < 4.78 is 2.69. The van der Waals surface area contributed by atoms with Crippen LogP contribution in [0.25, 0.3) is 16.5 Å². The van der Waals surface area contributed by atoms with E-state index >= 15 is 0 Å². The van der Waals surface area contributed by atoms with Gasteiger partial charge < -0.3 is 0 Å². The number of benzene rings is 3. The number of hydrogen-bond acceptors (Lipinski definition) is 3. The first-order valence-corrected chi connectivity index (χ1v) is 10.1. The van der Waals surface area contributed by atoms with Gasteiger partial charge >= 0.3 is 0 Å². The summed E-state index contributed by atoms with van der Waals surface area (Å²) in [6, 6.07) is 23.3. The molecule has 0 atom stereocenters. The van der Waals surface area contributed by atoms with Gasteiger partial charge in [0.05, 0.1) is 11.4 Å². The number of nitrogens with zero attached hydrogens (tertiary/aromatic N) is 2. The SMILES string of the molecule is Cc1ccc(CSCc2n[nH]c(=S)n2-c2cccc3ccccc23)cc1. The normalized spacial score (nSPS) is 11.1. The summed E-state index contributed by atoms with van der Waals surface area (Å²) in [5.41, 5.74) is 3.69. The van der Waals surface area contributed by atoms with Gasteiger partial charge in [0.15, 0.2) is 4.77 Å². The van der Waals surface area contributed by atoms with Crippen molar-refractivity contribution in [1.82, 2.24) is 14.8 Å². The second-order valence-corrected chi connectivity index (χ2v) is 7.63. The Hall–Kier alpha value is -2.37. The van der Waals surface area contributed by atoms with E-state index < -0.39 is 0 Å². The fraction of sp³-hybridized carbons (Fsp3) is 0.143. The molecule has 3 nitrogen and oxygen atoms in total. The molecule has 0 saturated heterocycles. The van der Waals surface area contributed by atoms with Crippen molar-refractivity contribution in [3.63, 3.8) is 0 Å². The Morgan fingerprint density at radius 1 is 0.962 bits per heavy atom. The zero-order chi connectivity index (χ0) is 17.9. The van der Waals surface area contributed by atoms with Gasteiger partial charge in [-0.2, -0.15) is 5.10 Å². The van der Waals surface area contributed by atoms with Gasteiger partial charge in [0.25, 0.3) is 0 Å². The summed E-state index contributed by atoms with van der Waals surface area (Å²) in [6.45, 7) is 2.11. The Kier molecular flexibility index (Phi) is 4.91. The maximum atomic E-state index is 5.51. The maximum absolute atomic E-state index is 5.51. The van der Waals surface area contributed by atoms with Crippen molar-refractivity contribution in [2.75, 3.05) is 0 Å². The fourth-order valence-corrected chi connectivity index (χ4v) is 4.18. The van der Waals surface area contributed by atoms with Crippen molar-refractivity contribution < 1.29 is 0 Å². The maximum Gasteiger partial charge on any atom is 0.199 e. The first-order valence-electron chi connectivity index (χ1n) is 8.50. The van der Waals surface area contributed by atoms with E-state index in [-0.39, 0.29) is 0 Å². The number of aryl methyl sites for hydroxylation is 1. The summed E-state index contributed by atoms with van der Waals surface area (Å²) in [7, 11) is 0. The zero-order valence-electron chi connectivity index (χ0n) is 14.5. The molecule has 5 heteroatoms. The predicted molar refractivity (Wildman–Crippen MR) is 112 cm³/mol. The number of H-pyrrole nitrogens is 1. The molecule has 0 aliphatic carbocycles. The Balaban J connectivity index is 1.61. The highest BCUT2D eigenvalue weighted by atomic mass is 32.2. The number of rotatable bonds is 5. The Morgan fingerprint density at radius 3 is 2.58 bits per heavy atom. The first-order chi connectivity index (χ1) is 12.7. The Morgan fingerprint density at radius 2 is 1.73 bits per heavy atom. The Labute approximate surface area is 162 Å². The summed E-state index contributed by atoms with van der Waals surface area (Å²) in [6.07, 6.45) is 0. The highest BCUT2D eigenvalue weighted by Crippen LogP contribution is 2.25. The standard InChI is InChI=1S/C21H19N3S2/c1-15-9-11-16(12-10-15)13-26-14-20-22-23-21(25)24(20)19-8-4-6-17-5-2-3-7-18(17)19/h2-12H,13-14H2,1H3,(H,23,25). The van der Waals surface area contributed by atoms with Gasteiger partial charge in [0.1, 0.15) is 5.82 Å². The minimum atomic E-state index is 0.632. The molecule has 4 aromatic rings. The molecule has 0 aliphatic heterocycles. The van der Waals surface area contributed by atoms with Crippen LogP contribution in [0.2, 0.25) is 0 Å². The molecule has 26 heavy (non-hydrogen) atoms. The van der Waals surface area contributed by atoms with Gasteiger partial charge in [-0.25, -0.2) is 0 Å². The smallest absolute Gasteiger partial charge is 0.199 e. The van der Waals surface area contributed by atoms with E-state index in [1.807, 2.05) is 11.8 Å². The van der Waals surface area contributed by atoms with Crippen LogP contribution in [0.1, 0.15) is 17.0 Å². The molecule has 0 amide bonds. The molecule has 3 aromatic carbocycles. The highest BCUT2D eigenvalue weighted by Gasteiger charge is 2.11. The van der Waals surface area contributed by atoms with E-state index in [1.165, 1.54) is 21.9 Å². The van der Waals surface area contributed by atoms with Crippen LogP contribution in [-0.4, -0.2) is 14.8 Å². The van der Waals surface area contributed by atoms with Crippen LogP contribution in [0, 0.1) is 11.7 Å². The van der Waals surface area contributed by atoms with E-state index in [4.69, 9.17) is 12.2 Å². The van der Waals surface area contributed by atoms with Crippen LogP contribution in [0.15, 0.2) is 66.7 Å². The van der Waals surface area contributed by atoms with E-state index in [2.05, 4.69) is 88.4 Å². The molecule has 1 aromatic heterocycles. The molecule has 0 spiro atoms. The van der Waals surface area contributed by atoms with Crippen LogP contribution >= 0.6 is 24.0 Å². The van der Waals surface area contributed by atoms with Crippen LogP contribution in [0.4, 0.5) is 0 Å². The number of hydrogen-bond donors (Lipinski definition) is 1. The van der Waals surface area contributed by atoms with E-state index in [9.17, 15) is 0 Å². The zero-order valence-corrected chi connectivity index (χ0v) is 16.1. The van der Waals surface area contributed by atoms with Crippen LogP contribution in [-0.2, 0) is 11.5 Å². The average Bonchev–Trinajstić information content (AvgIpc) is 3.03. The van der Waals surface area contributed by atoms with Gasteiger partial charge in [-0.15, -0.1) is 11.8 Å². The summed E-state index contributed by atoms with van der Waals surface area (Å²) in [5, 5.41) is 9.81. The summed E-state index contributed by atoms with van der Waals surface area (Å²) in [4.78, 5) is 0. The van der Waals surface area contributed by atoms with Gasteiger partial charge in [-0.3, -0.25) is 9.67 Å². The minimum Gasteiger partial charge on any atom is -0.271 e. The lowest BCUT2D eigenvalue weighted by Gasteiger charge is -2.10. The van der Waals surface area contributed by atoms with Crippen molar-refractivity contribution in [2.24, 2.45) is 0 Å². The van der Waals surface area contributed by atoms with Crippen molar-refractivity contribution in [3.8, 4) is 5.69 Å². The molecular formula is C21H19N3S2. The topological polar surface area (TPSA) is 33.6 Å². The van der Waals surface area contributed by atoms with Gasteiger partial charge in [-0.05, 0) is 36.2 Å². The highest BCUT2D eigenvalue weighted by molar-refractivity contribution is 7.97. The number of fused-ring (bicyclic) bond motifs is 1. The Bertz CT molecular complexity index is 1090. The molecule has 1 N–H and O–H groups in total. The molecule has 0 radical (unpaired) electrons. The van der Waals surface area contributed by atoms with Gasteiger partial charge in [0.2, 0.25) is 0 Å². The van der Waals surface area contributed by atoms with Gasteiger partial charge in [-0.1, -0.05) is 66.2 Å².